The van der Waals surface area contributed by atoms with Crippen LogP contribution in [0.25, 0.3) is 0 Å². The molecule has 1 aliphatic heterocycles. The van der Waals surface area contributed by atoms with Crippen LogP contribution in [0.2, 0.25) is 10.0 Å². The Morgan fingerprint density at radius 2 is 1.76 bits per heavy atom. The largest absolute Gasteiger partial charge is 0.395 e. The molecule has 1 aliphatic rings. The van der Waals surface area contributed by atoms with Crippen LogP contribution in [0, 0.1) is 0 Å². The molecule has 0 spiro atoms. The summed E-state index contributed by atoms with van der Waals surface area (Å²) in [5.41, 5.74) is 0. The zero-order valence-corrected chi connectivity index (χ0v) is 14.4. The summed E-state index contributed by atoms with van der Waals surface area (Å²) in [5, 5.41) is 9.40. The Morgan fingerprint density at radius 1 is 1.14 bits per heavy atom. The highest BCUT2D eigenvalue weighted by Crippen LogP contribution is 2.28. The number of aliphatic hydroxyl groups is 1. The van der Waals surface area contributed by atoms with Crippen LogP contribution >= 0.6 is 35.6 Å². The van der Waals surface area contributed by atoms with Crippen molar-refractivity contribution in [2.24, 2.45) is 0 Å². The van der Waals surface area contributed by atoms with E-state index in [2.05, 4.69) is 0 Å². The average Bonchev–Trinajstić information content (AvgIpc) is 2.42. The van der Waals surface area contributed by atoms with Gasteiger partial charge in [-0.05, 0) is 18.2 Å². The van der Waals surface area contributed by atoms with Crippen molar-refractivity contribution in [2.75, 3.05) is 39.3 Å². The van der Waals surface area contributed by atoms with Gasteiger partial charge in [-0.3, -0.25) is 4.90 Å². The topological polar surface area (TPSA) is 60.9 Å². The van der Waals surface area contributed by atoms with Crippen LogP contribution in [-0.4, -0.2) is 62.1 Å². The van der Waals surface area contributed by atoms with Crippen molar-refractivity contribution >= 4 is 45.6 Å². The van der Waals surface area contributed by atoms with Gasteiger partial charge in [0.1, 0.15) is 4.90 Å². The van der Waals surface area contributed by atoms with E-state index in [0.717, 1.165) is 0 Å². The van der Waals surface area contributed by atoms with Crippen LogP contribution < -0.4 is 0 Å². The van der Waals surface area contributed by atoms with E-state index in [4.69, 9.17) is 28.3 Å². The van der Waals surface area contributed by atoms with Crippen molar-refractivity contribution in [1.29, 1.82) is 0 Å². The zero-order valence-electron chi connectivity index (χ0n) is 11.2. The molecule has 0 saturated carbocycles. The predicted octanol–water partition coefficient (Wildman–Crippen LogP) is 1.71. The number of hydrogen-bond acceptors (Lipinski definition) is 4. The Hall–Kier alpha value is -0.0800. The smallest absolute Gasteiger partial charge is 0.244 e. The second-order valence-electron chi connectivity index (χ2n) is 4.54. The first-order valence-electron chi connectivity index (χ1n) is 6.23. The Bertz CT molecular complexity index is 575. The van der Waals surface area contributed by atoms with Gasteiger partial charge in [0.25, 0.3) is 0 Å². The van der Waals surface area contributed by atoms with Gasteiger partial charge < -0.3 is 5.11 Å². The van der Waals surface area contributed by atoms with E-state index in [1.807, 2.05) is 4.90 Å². The summed E-state index contributed by atoms with van der Waals surface area (Å²) in [6.07, 6.45) is 0. The molecule has 0 radical (unpaired) electrons. The van der Waals surface area contributed by atoms with Gasteiger partial charge in [-0.2, -0.15) is 4.31 Å². The highest BCUT2D eigenvalue weighted by molar-refractivity contribution is 7.89. The Morgan fingerprint density at radius 3 is 2.33 bits per heavy atom. The van der Waals surface area contributed by atoms with Crippen LogP contribution in [0.5, 0.6) is 0 Å². The number of sulfonamides is 1. The lowest BCUT2D eigenvalue weighted by Gasteiger charge is -2.33. The summed E-state index contributed by atoms with van der Waals surface area (Å²) < 4.78 is 26.5. The number of piperazine rings is 1. The van der Waals surface area contributed by atoms with Gasteiger partial charge >= 0.3 is 0 Å². The van der Waals surface area contributed by atoms with Gasteiger partial charge in [0.2, 0.25) is 10.0 Å². The lowest BCUT2D eigenvalue weighted by molar-refractivity contribution is 0.151. The first-order valence-corrected chi connectivity index (χ1v) is 8.43. The van der Waals surface area contributed by atoms with E-state index in [1.165, 1.54) is 16.4 Å². The quantitative estimate of drug-likeness (QED) is 0.870. The lowest BCUT2D eigenvalue weighted by atomic mass is 10.3. The van der Waals surface area contributed by atoms with Gasteiger partial charge in [0, 0.05) is 37.7 Å². The molecular formula is C12H17Cl3N2O3S. The molecule has 0 aromatic heterocycles. The third-order valence-electron chi connectivity index (χ3n) is 3.26. The maximum atomic E-state index is 12.5. The molecule has 0 bridgehead atoms. The zero-order chi connectivity index (χ0) is 14.8. The summed E-state index contributed by atoms with van der Waals surface area (Å²) in [4.78, 5) is 2.06. The van der Waals surface area contributed by atoms with Gasteiger partial charge in [-0.15, -0.1) is 12.4 Å². The second kappa shape index (κ2) is 7.97. The Balaban J connectivity index is 0.00000220. The summed E-state index contributed by atoms with van der Waals surface area (Å²) in [5.74, 6) is 0. The fourth-order valence-electron chi connectivity index (χ4n) is 2.15. The molecule has 0 unspecified atom stereocenters. The van der Waals surface area contributed by atoms with E-state index in [9.17, 15) is 8.42 Å². The highest BCUT2D eigenvalue weighted by atomic mass is 35.5. The summed E-state index contributed by atoms with van der Waals surface area (Å²) in [7, 11) is -3.63. The fraction of sp³-hybridized carbons (Fsp3) is 0.500. The standard InChI is InChI=1S/C12H16Cl2N2O3S.ClH/c13-10-1-2-11(14)12(9-10)20(18,19)16-5-3-15(4-6-16)7-8-17;/h1-2,9,17H,3-8H2;1H. The van der Waals surface area contributed by atoms with Crippen molar-refractivity contribution in [3.63, 3.8) is 0 Å². The Labute approximate surface area is 140 Å². The van der Waals surface area contributed by atoms with Crippen molar-refractivity contribution in [3.05, 3.63) is 28.2 Å². The molecular weight excluding hydrogens is 359 g/mol. The Kier molecular flexibility index (Phi) is 7.19. The van der Waals surface area contributed by atoms with Gasteiger partial charge in [0.15, 0.2) is 0 Å². The minimum atomic E-state index is -3.63. The van der Waals surface area contributed by atoms with E-state index in [1.54, 1.807) is 6.07 Å². The molecule has 0 aliphatic carbocycles. The monoisotopic (exact) mass is 374 g/mol. The molecule has 2 rings (SSSR count). The third kappa shape index (κ3) is 4.45. The molecule has 0 amide bonds. The highest BCUT2D eigenvalue weighted by Gasteiger charge is 2.30. The maximum absolute atomic E-state index is 12.5. The molecule has 0 atom stereocenters. The molecule has 1 saturated heterocycles. The molecule has 5 nitrogen and oxygen atoms in total. The molecule has 1 aromatic rings. The third-order valence-corrected chi connectivity index (χ3v) is 5.87. The van der Waals surface area contributed by atoms with Gasteiger partial charge in [-0.1, -0.05) is 23.2 Å². The van der Waals surface area contributed by atoms with Gasteiger partial charge in [0.05, 0.1) is 11.6 Å². The first-order chi connectivity index (χ1) is 9.45. The second-order valence-corrected chi connectivity index (χ2v) is 7.29. The first kappa shape index (κ1) is 19.0. The normalized spacial score (nSPS) is 17.5. The minimum absolute atomic E-state index is 0. The van der Waals surface area contributed by atoms with Crippen molar-refractivity contribution < 1.29 is 13.5 Å². The van der Waals surface area contributed by atoms with Crippen LogP contribution in [0.4, 0.5) is 0 Å². The van der Waals surface area contributed by atoms with Crippen LogP contribution in [0.1, 0.15) is 0 Å². The molecule has 1 fully saturated rings. The van der Waals surface area contributed by atoms with Crippen LogP contribution in [-0.2, 0) is 10.0 Å². The summed E-state index contributed by atoms with van der Waals surface area (Å²) in [6, 6.07) is 4.42. The van der Waals surface area contributed by atoms with Crippen molar-refractivity contribution in [1.82, 2.24) is 9.21 Å². The average molecular weight is 376 g/mol. The van der Waals surface area contributed by atoms with E-state index in [-0.39, 0.29) is 28.9 Å². The molecule has 1 N–H and O–H groups in total. The summed E-state index contributed by atoms with van der Waals surface area (Å²) in [6.45, 7) is 2.59. The molecule has 21 heavy (non-hydrogen) atoms. The number of nitrogens with zero attached hydrogens (tertiary/aromatic N) is 2. The lowest BCUT2D eigenvalue weighted by Crippen LogP contribution is -2.49. The molecule has 1 heterocycles. The van der Waals surface area contributed by atoms with Crippen LogP contribution in [0.15, 0.2) is 23.1 Å². The van der Waals surface area contributed by atoms with Gasteiger partial charge in [-0.25, -0.2) is 8.42 Å². The molecule has 9 heteroatoms. The molecule has 120 valence electrons. The number of benzene rings is 1. The number of halogens is 3. The molecule has 1 aromatic carbocycles. The van der Waals surface area contributed by atoms with E-state index >= 15 is 0 Å². The number of β-amino-alcohol motifs (C(OH)–C–C–N with tert-alkyl or cyclic N) is 1. The minimum Gasteiger partial charge on any atom is -0.395 e. The summed E-state index contributed by atoms with van der Waals surface area (Å²) >= 11 is 11.8. The van der Waals surface area contributed by atoms with E-state index < -0.39 is 10.0 Å². The van der Waals surface area contributed by atoms with E-state index in [0.29, 0.717) is 37.7 Å². The SMILES string of the molecule is Cl.O=S(=O)(c1cc(Cl)ccc1Cl)N1CCN(CCO)CC1. The van der Waals surface area contributed by atoms with Crippen LogP contribution in [0.3, 0.4) is 0 Å². The number of hydrogen-bond donors (Lipinski definition) is 1. The predicted molar refractivity (Wildman–Crippen MR) is 86.0 cm³/mol. The van der Waals surface area contributed by atoms with Crippen molar-refractivity contribution in [2.45, 2.75) is 4.90 Å². The fourth-order valence-corrected chi connectivity index (χ4v) is 4.31. The number of aliphatic hydroxyl groups excluding tert-OH is 1. The van der Waals surface area contributed by atoms with Crippen molar-refractivity contribution in [3.8, 4) is 0 Å². The number of rotatable bonds is 4. The maximum Gasteiger partial charge on any atom is 0.244 e.